The molecule has 0 saturated heterocycles. The lowest BCUT2D eigenvalue weighted by atomic mass is 10.1. The number of carbonyl (C=O) groups is 2. The summed E-state index contributed by atoms with van der Waals surface area (Å²) in [6.07, 6.45) is -2.95. The molecule has 1 heterocycles. The molecule has 1 aromatic heterocycles. The van der Waals surface area contributed by atoms with Crippen molar-refractivity contribution in [1.29, 1.82) is 0 Å². The Morgan fingerprint density at radius 3 is 2.36 bits per heavy atom. The fraction of sp³-hybridized carbons (Fsp3) is 0.111. The lowest BCUT2D eigenvalue weighted by Gasteiger charge is -2.07. The van der Waals surface area contributed by atoms with E-state index in [9.17, 15) is 22.8 Å². The van der Waals surface area contributed by atoms with Gasteiger partial charge in [0.25, 0.3) is 0 Å². The molecule has 0 radical (unpaired) electrons. The van der Waals surface area contributed by atoms with Crippen molar-refractivity contribution in [2.45, 2.75) is 6.18 Å². The zero-order chi connectivity index (χ0) is 18.0. The summed E-state index contributed by atoms with van der Waals surface area (Å²) in [6, 6.07) is 10.8. The minimum Gasteiger partial charge on any atom is -0.454 e. The standard InChI is InChI=1S/C18H12F3NO3/c19-18(20,21)12-7-5-11(6-8-12)17(24)25-10-16(23)14-9-22-15-4-2-1-3-13(14)15/h1-9,22H,10H2. The second-order valence-electron chi connectivity index (χ2n) is 5.32. The number of hydrogen-bond acceptors (Lipinski definition) is 3. The topological polar surface area (TPSA) is 59.2 Å². The maximum atomic E-state index is 12.5. The lowest BCUT2D eigenvalue weighted by Crippen LogP contribution is -2.14. The van der Waals surface area contributed by atoms with Crippen LogP contribution in [0.5, 0.6) is 0 Å². The largest absolute Gasteiger partial charge is 0.454 e. The van der Waals surface area contributed by atoms with Crippen molar-refractivity contribution >= 4 is 22.7 Å². The Kier molecular flexibility index (Phi) is 4.31. The quantitative estimate of drug-likeness (QED) is 0.568. The molecular weight excluding hydrogens is 335 g/mol. The van der Waals surface area contributed by atoms with Crippen LogP contribution in [0.4, 0.5) is 13.2 Å². The van der Waals surface area contributed by atoms with E-state index in [1.807, 2.05) is 6.07 Å². The molecule has 1 N–H and O–H groups in total. The van der Waals surface area contributed by atoms with Gasteiger partial charge in [-0.2, -0.15) is 13.2 Å². The van der Waals surface area contributed by atoms with Gasteiger partial charge in [0.2, 0.25) is 5.78 Å². The summed E-state index contributed by atoms with van der Waals surface area (Å²) in [5.41, 5.74) is 0.245. The van der Waals surface area contributed by atoms with Gasteiger partial charge in [-0.1, -0.05) is 18.2 Å². The summed E-state index contributed by atoms with van der Waals surface area (Å²) in [4.78, 5) is 27.0. The van der Waals surface area contributed by atoms with Crippen LogP contribution < -0.4 is 0 Å². The third-order valence-corrected chi connectivity index (χ3v) is 3.67. The number of nitrogens with one attached hydrogen (secondary N) is 1. The Morgan fingerprint density at radius 2 is 1.68 bits per heavy atom. The number of fused-ring (bicyclic) bond motifs is 1. The molecule has 0 atom stereocenters. The number of rotatable bonds is 4. The Hall–Kier alpha value is -3.09. The molecule has 0 spiro atoms. The number of H-pyrrole nitrogens is 1. The average Bonchev–Trinajstić information content (AvgIpc) is 3.03. The van der Waals surface area contributed by atoms with Gasteiger partial charge in [-0.15, -0.1) is 0 Å². The molecule has 25 heavy (non-hydrogen) atoms. The number of halogens is 3. The molecule has 7 heteroatoms. The minimum atomic E-state index is -4.48. The molecule has 0 saturated carbocycles. The van der Waals surface area contributed by atoms with Gasteiger partial charge < -0.3 is 9.72 Å². The number of Topliss-reactive ketones (excluding diaryl/α,β-unsaturated/α-hetero) is 1. The predicted molar refractivity (Wildman–Crippen MR) is 84.4 cm³/mol. The van der Waals surface area contributed by atoms with Crippen molar-refractivity contribution in [2.75, 3.05) is 6.61 Å². The van der Waals surface area contributed by atoms with Gasteiger partial charge in [-0.25, -0.2) is 4.79 Å². The van der Waals surface area contributed by atoms with Gasteiger partial charge >= 0.3 is 12.1 Å². The molecule has 3 aromatic rings. The van der Waals surface area contributed by atoms with Crippen LogP contribution in [0.25, 0.3) is 10.9 Å². The fourth-order valence-corrected chi connectivity index (χ4v) is 2.39. The van der Waals surface area contributed by atoms with Crippen LogP contribution in [-0.2, 0) is 10.9 Å². The second-order valence-corrected chi connectivity index (χ2v) is 5.32. The van der Waals surface area contributed by atoms with Crippen LogP contribution in [0.2, 0.25) is 0 Å². The van der Waals surface area contributed by atoms with Gasteiger partial charge in [0.05, 0.1) is 11.1 Å². The van der Waals surface area contributed by atoms with Crippen LogP contribution in [0.15, 0.2) is 54.7 Å². The number of carbonyl (C=O) groups excluding carboxylic acids is 2. The maximum absolute atomic E-state index is 12.5. The number of aromatic amines is 1. The van der Waals surface area contributed by atoms with E-state index in [-0.39, 0.29) is 5.56 Å². The molecule has 0 amide bonds. The van der Waals surface area contributed by atoms with Crippen molar-refractivity contribution in [3.63, 3.8) is 0 Å². The number of hydrogen-bond donors (Lipinski definition) is 1. The molecule has 2 aromatic carbocycles. The number of para-hydroxylation sites is 1. The number of ether oxygens (including phenoxy) is 1. The first-order chi connectivity index (χ1) is 11.9. The molecule has 0 fully saturated rings. The van der Waals surface area contributed by atoms with E-state index in [1.165, 1.54) is 6.20 Å². The minimum absolute atomic E-state index is 0.0558. The van der Waals surface area contributed by atoms with E-state index in [0.29, 0.717) is 10.9 Å². The Morgan fingerprint density at radius 1 is 1.00 bits per heavy atom. The summed E-state index contributed by atoms with van der Waals surface area (Å²) in [5.74, 6) is -1.26. The fourth-order valence-electron chi connectivity index (χ4n) is 2.39. The van der Waals surface area contributed by atoms with E-state index >= 15 is 0 Å². The summed E-state index contributed by atoms with van der Waals surface area (Å²) < 4.78 is 42.4. The van der Waals surface area contributed by atoms with Crippen molar-refractivity contribution in [1.82, 2.24) is 4.98 Å². The summed E-state index contributed by atoms with van der Waals surface area (Å²) in [6.45, 7) is -0.498. The normalized spacial score (nSPS) is 11.5. The van der Waals surface area contributed by atoms with E-state index < -0.39 is 30.1 Å². The molecule has 0 unspecified atom stereocenters. The van der Waals surface area contributed by atoms with Crippen molar-refractivity contribution in [2.24, 2.45) is 0 Å². The van der Waals surface area contributed by atoms with Gasteiger partial charge in [0.1, 0.15) is 0 Å². The highest BCUT2D eigenvalue weighted by Gasteiger charge is 2.30. The lowest BCUT2D eigenvalue weighted by molar-refractivity contribution is -0.137. The maximum Gasteiger partial charge on any atom is 0.416 e. The zero-order valence-electron chi connectivity index (χ0n) is 12.8. The summed E-state index contributed by atoms with van der Waals surface area (Å²) in [7, 11) is 0. The van der Waals surface area contributed by atoms with Crippen LogP contribution in [0.3, 0.4) is 0 Å². The molecule has 0 aliphatic rings. The number of aromatic nitrogens is 1. The molecule has 4 nitrogen and oxygen atoms in total. The Balaban J connectivity index is 1.67. The van der Waals surface area contributed by atoms with Gasteiger partial charge in [-0.3, -0.25) is 4.79 Å². The first-order valence-corrected chi connectivity index (χ1v) is 7.30. The third-order valence-electron chi connectivity index (χ3n) is 3.67. The SMILES string of the molecule is O=C(OCC(=O)c1c[nH]c2ccccc12)c1ccc(C(F)(F)F)cc1. The molecular formula is C18H12F3NO3. The first-order valence-electron chi connectivity index (χ1n) is 7.30. The average molecular weight is 347 g/mol. The highest BCUT2D eigenvalue weighted by Crippen LogP contribution is 2.29. The van der Waals surface area contributed by atoms with Crippen molar-refractivity contribution in [3.8, 4) is 0 Å². The van der Waals surface area contributed by atoms with E-state index in [1.54, 1.807) is 18.2 Å². The van der Waals surface area contributed by atoms with Gasteiger partial charge in [-0.05, 0) is 30.3 Å². The molecule has 3 rings (SSSR count). The smallest absolute Gasteiger partial charge is 0.416 e. The first kappa shape index (κ1) is 16.8. The number of esters is 1. The van der Waals surface area contributed by atoms with Gasteiger partial charge in [0, 0.05) is 22.7 Å². The van der Waals surface area contributed by atoms with Crippen molar-refractivity contribution < 1.29 is 27.5 Å². The molecule has 0 aliphatic heterocycles. The molecule has 0 bridgehead atoms. The van der Waals surface area contributed by atoms with Crippen LogP contribution >= 0.6 is 0 Å². The van der Waals surface area contributed by atoms with E-state index in [0.717, 1.165) is 29.8 Å². The zero-order valence-corrected chi connectivity index (χ0v) is 12.8. The Labute approximate surface area is 140 Å². The van der Waals surface area contributed by atoms with Crippen LogP contribution in [-0.4, -0.2) is 23.3 Å². The summed E-state index contributed by atoms with van der Waals surface area (Å²) in [5, 5.41) is 0.707. The number of alkyl halides is 3. The third kappa shape index (κ3) is 3.55. The summed E-state index contributed by atoms with van der Waals surface area (Å²) >= 11 is 0. The molecule has 128 valence electrons. The monoisotopic (exact) mass is 347 g/mol. The Bertz CT molecular complexity index is 927. The van der Waals surface area contributed by atoms with Gasteiger partial charge in [0.15, 0.2) is 6.61 Å². The number of ketones is 1. The second kappa shape index (κ2) is 6.43. The molecule has 0 aliphatic carbocycles. The van der Waals surface area contributed by atoms with E-state index in [2.05, 4.69) is 4.98 Å². The highest BCUT2D eigenvalue weighted by molar-refractivity contribution is 6.09. The predicted octanol–water partition coefficient (Wildman–Crippen LogP) is 4.23. The van der Waals surface area contributed by atoms with Crippen LogP contribution in [0.1, 0.15) is 26.3 Å². The van der Waals surface area contributed by atoms with Crippen molar-refractivity contribution in [3.05, 3.63) is 71.4 Å². The highest BCUT2D eigenvalue weighted by atomic mass is 19.4. The van der Waals surface area contributed by atoms with E-state index in [4.69, 9.17) is 4.74 Å². The number of benzene rings is 2. The van der Waals surface area contributed by atoms with Crippen LogP contribution in [0, 0.1) is 0 Å².